The first-order valence-corrected chi connectivity index (χ1v) is 5.56. The van der Waals surface area contributed by atoms with E-state index >= 15 is 0 Å². The molecule has 1 aliphatic rings. The van der Waals surface area contributed by atoms with Gasteiger partial charge in [-0.05, 0) is 18.8 Å². The smallest absolute Gasteiger partial charge is 0.349 e. The molecule has 1 aromatic rings. The summed E-state index contributed by atoms with van der Waals surface area (Å²) in [5.74, 6) is 0.0721. The van der Waals surface area contributed by atoms with Crippen LogP contribution in [0.25, 0.3) is 0 Å². The monoisotopic (exact) mass is 228 g/mol. The Morgan fingerprint density at radius 2 is 2.40 bits per heavy atom. The predicted molar refractivity (Wildman–Crippen MR) is 56.0 cm³/mol. The Hall–Kier alpha value is -1.23. The number of hydrogen-bond donors (Lipinski definition) is 1. The molecule has 1 aromatic heterocycles. The summed E-state index contributed by atoms with van der Waals surface area (Å²) in [6.45, 7) is 0.611. The fourth-order valence-corrected chi connectivity index (χ4v) is 1.96. The van der Waals surface area contributed by atoms with Crippen LogP contribution in [0.5, 0.6) is 10.8 Å². The van der Waals surface area contributed by atoms with Crippen LogP contribution in [0.1, 0.15) is 22.5 Å². The molecule has 1 aliphatic carbocycles. The average Bonchev–Trinajstić information content (AvgIpc) is 2.94. The predicted octanol–water partition coefficient (Wildman–Crippen LogP) is 2.24. The van der Waals surface area contributed by atoms with Crippen LogP contribution in [0, 0.1) is 5.92 Å². The standard InChI is InChI=1S/C10H12O4S/c1-13-8-4-7(9(15-8)10(11)12)14-5-6-2-3-6/h4,6H,2-3,5H2,1H3,(H,11,12). The highest BCUT2D eigenvalue weighted by molar-refractivity contribution is 7.16. The van der Waals surface area contributed by atoms with Crippen molar-refractivity contribution < 1.29 is 19.4 Å². The molecule has 0 aliphatic heterocycles. The van der Waals surface area contributed by atoms with Gasteiger partial charge in [-0.3, -0.25) is 0 Å². The summed E-state index contributed by atoms with van der Waals surface area (Å²) in [6, 6.07) is 1.64. The zero-order valence-corrected chi connectivity index (χ0v) is 9.17. The Labute approximate surface area is 91.4 Å². The second kappa shape index (κ2) is 4.10. The van der Waals surface area contributed by atoms with Gasteiger partial charge >= 0.3 is 5.97 Å². The van der Waals surface area contributed by atoms with E-state index < -0.39 is 5.97 Å². The van der Waals surface area contributed by atoms with Gasteiger partial charge in [0, 0.05) is 6.07 Å². The third kappa shape index (κ3) is 2.41. The zero-order valence-electron chi connectivity index (χ0n) is 8.36. The molecule has 0 unspecified atom stereocenters. The van der Waals surface area contributed by atoms with Gasteiger partial charge in [-0.1, -0.05) is 11.3 Å². The van der Waals surface area contributed by atoms with Gasteiger partial charge in [0.05, 0.1) is 13.7 Å². The number of aromatic carboxylic acids is 1. The number of carbonyl (C=O) groups is 1. The second-order valence-electron chi connectivity index (χ2n) is 3.52. The summed E-state index contributed by atoms with van der Waals surface area (Å²) in [7, 11) is 1.52. The van der Waals surface area contributed by atoms with Gasteiger partial charge in [-0.2, -0.15) is 0 Å². The molecule has 1 saturated carbocycles. The summed E-state index contributed by atoms with van der Waals surface area (Å²) in [4.78, 5) is 11.1. The largest absolute Gasteiger partial charge is 0.491 e. The number of ether oxygens (including phenoxy) is 2. The van der Waals surface area contributed by atoms with E-state index in [1.807, 2.05) is 0 Å². The lowest BCUT2D eigenvalue weighted by Gasteiger charge is -2.02. The normalized spacial score (nSPS) is 15.0. The van der Waals surface area contributed by atoms with Gasteiger partial charge in [0.15, 0.2) is 9.94 Å². The number of rotatable bonds is 5. The fourth-order valence-electron chi connectivity index (χ4n) is 1.20. The Morgan fingerprint density at radius 1 is 1.67 bits per heavy atom. The van der Waals surface area contributed by atoms with Crippen molar-refractivity contribution in [2.45, 2.75) is 12.8 Å². The molecule has 82 valence electrons. The maximum absolute atomic E-state index is 10.9. The molecule has 15 heavy (non-hydrogen) atoms. The van der Waals surface area contributed by atoms with Crippen LogP contribution in [0.3, 0.4) is 0 Å². The van der Waals surface area contributed by atoms with Gasteiger partial charge in [-0.25, -0.2) is 4.79 Å². The minimum absolute atomic E-state index is 0.215. The van der Waals surface area contributed by atoms with Gasteiger partial charge in [0.1, 0.15) is 5.75 Å². The third-order valence-corrected chi connectivity index (χ3v) is 3.31. The molecule has 1 N–H and O–H groups in total. The van der Waals surface area contributed by atoms with Crippen molar-refractivity contribution in [3.63, 3.8) is 0 Å². The van der Waals surface area contributed by atoms with Crippen LogP contribution in [0.15, 0.2) is 6.07 Å². The van der Waals surface area contributed by atoms with Crippen molar-refractivity contribution in [3.8, 4) is 10.8 Å². The molecular formula is C10H12O4S. The van der Waals surface area contributed by atoms with Crippen molar-refractivity contribution in [1.29, 1.82) is 0 Å². The number of hydrogen-bond acceptors (Lipinski definition) is 4. The van der Waals surface area contributed by atoms with Gasteiger partial charge < -0.3 is 14.6 Å². The molecule has 4 nitrogen and oxygen atoms in total. The molecule has 0 atom stereocenters. The molecular weight excluding hydrogens is 216 g/mol. The van der Waals surface area contributed by atoms with Crippen molar-refractivity contribution in [1.82, 2.24) is 0 Å². The van der Waals surface area contributed by atoms with E-state index in [0.717, 1.165) is 11.3 Å². The van der Waals surface area contributed by atoms with Crippen LogP contribution in [0.2, 0.25) is 0 Å². The number of methoxy groups -OCH3 is 1. The van der Waals surface area contributed by atoms with E-state index in [1.54, 1.807) is 6.07 Å². The summed E-state index contributed by atoms with van der Waals surface area (Å²) in [5, 5.41) is 9.50. The van der Waals surface area contributed by atoms with Gasteiger partial charge in [-0.15, -0.1) is 0 Å². The quantitative estimate of drug-likeness (QED) is 0.839. The van der Waals surface area contributed by atoms with Crippen molar-refractivity contribution >= 4 is 17.3 Å². The number of carboxylic acids is 1. The Bertz CT molecular complexity index is 367. The van der Waals surface area contributed by atoms with Crippen LogP contribution in [0.4, 0.5) is 0 Å². The first-order chi connectivity index (χ1) is 7.20. The van der Waals surface area contributed by atoms with E-state index in [1.165, 1.54) is 20.0 Å². The Kier molecular flexibility index (Phi) is 2.81. The first-order valence-electron chi connectivity index (χ1n) is 4.74. The minimum Gasteiger partial charge on any atom is -0.491 e. The Balaban J connectivity index is 2.10. The first kappa shape index (κ1) is 10.3. The van der Waals surface area contributed by atoms with Gasteiger partial charge in [0.2, 0.25) is 0 Å². The topological polar surface area (TPSA) is 55.8 Å². The molecule has 0 saturated heterocycles. The Morgan fingerprint density at radius 3 is 2.93 bits per heavy atom. The van der Waals surface area contributed by atoms with Crippen LogP contribution in [-0.2, 0) is 0 Å². The molecule has 0 spiro atoms. The molecule has 1 fully saturated rings. The SMILES string of the molecule is COc1cc(OCC2CC2)c(C(=O)O)s1. The zero-order chi connectivity index (χ0) is 10.8. The highest BCUT2D eigenvalue weighted by Crippen LogP contribution is 2.36. The van der Waals surface area contributed by atoms with E-state index in [-0.39, 0.29) is 4.88 Å². The maximum Gasteiger partial charge on any atom is 0.349 e. The number of thiophene rings is 1. The lowest BCUT2D eigenvalue weighted by molar-refractivity contribution is 0.0698. The van der Waals surface area contributed by atoms with E-state index in [4.69, 9.17) is 14.6 Å². The van der Waals surface area contributed by atoms with Crippen molar-refractivity contribution in [2.75, 3.05) is 13.7 Å². The summed E-state index contributed by atoms with van der Waals surface area (Å²) >= 11 is 1.09. The van der Waals surface area contributed by atoms with E-state index in [0.29, 0.717) is 23.3 Å². The van der Waals surface area contributed by atoms with Crippen molar-refractivity contribution in [2.24, 2.45) is 5.92 Å². The molecule has 1 heterocycles. The van der Waals surface area contributed by atoms with Crippen molar-refractivity contribution in [3.05, 3.63) is 10.9 Å². The molecule has 0 bridgehead atoms. The fraction of sp³-hybridized carbons (Fsp3) is 0.500. The summed E-state index contributed by atoms with van der Waals surface area (Å²) in [5.41, 5.74) is 0. The lowest BCUT2D eigenvalue weighted by atomic mass is 10.4. The molecule has 2 rings (SSSR count). The van der Waals surface area contributed by atoms with Gasteiger partial charge in [0.25, 0.3) is 0 Å². The maximum atomic E-state index is 10.9. The highest BCUT2D eigenvalue weighted by atomic mass is 32.1. The molecule has 0 radical (unpaired) electrons. The lowest BCUT2D eigenvalue weighted by Crippen LogP contribution is -2.02. The molecule has 0 amide bonds. The van der Waals surface area contributed by atoms with E-state index in [2.05, 4.69) is 0 Å². The molecule has 0 aromatic carbocycles. The highest BCUT2D eigenvalue weighted by Gasteiger charge is 2.24. The second-order valence-corrected chi connectivity index (χ2v) is 4.54. The number of carboxylic acid groups (broad SMARTS) is 1. The average molecular weight is 228 g/mol. The molecule has 5 heteroatoms. The minimum atomic E-state index is -0.964. The van der Waals surface area contributed by atoms with Crippen LogP contribution < -0.4 is 9.47 Å². The van der Waals surface area contributed by atoms with E-state index in [9.17, 15) is 4.79 Å². The van der Waals surface area contributed by atoms with Crippen LogP contribution >= 0.6 is 11.3 Å². The third-order valence-electron chi connectivity index (χ3n) is 2.24. The van der Waals surface area contributed by atoms with Crippen LogP contribution in [-0.4, -0.2) is 24.8 Å². The summed E-state index contributed by atoms with van der Waals surface area (Å²) < 4.78 is 10.4. The summed E-state index contributed by atoms with van der Waals surface area (Å²) in [6.07, 6.45) is 2.37.